The minimum Gasteiger partial charge on any atom is -0.355 e. The van der Waals surface area contributed by atoms with Crippen LogP contribution in [0.1, 0.15) is 19.8 Å². The number of amides is 3. The molecule has 0 bridgehead atoms. The molecule has 0 aromatic heterocycles. The van der Waals surface area contributed by atoms with Gasteiger partial charge in [-0.25, -0.2) is 0 Å². The van der Waals surface area contributed by atoms with E-state index >= 15 is 0 Å². The number of carbonyl (C=O) groups is 3. The van der Waals surface area contributed by atoms with Crippen LogP contribution in [-0.4, -0.2) is 48.8 Å². The Kier molecular flexibility index (Phi) is 4.75. The van der Waals surface area contributed by atoms with Gasteiger partial charge in [-0.1, -0.05) is 0 Å². The van der Waals surface area contributed by atoms with E-state index in [-0.39, 0.29) is 24.3 Å². The van der Waals surface area contributed by atoms with E-state index in [2.05, 4.69) is 10.6 Å². The van der Waals surface area contributed by atoms with Crippen LogP contribution in [0.2, 0.25) is 0 Å². The molecule has 1 saturated heterocycles. The van der Waals surface area contributed by atoms with Crippen LogP contribution in [-0.2, 0) is 14.4 Å². The Morgan fingerprint density at radius 3 is 2.56 bits per heavy atom. The Hall–Kier alpha value is -1.59. The number of rotatable bonds is 5. The molecular formula is C10H17N3O3. The molecule has 3 amide bonds. The number of likely N-dealkylation sites (tertiary alicyclic amines) is 1. The lowest BCUT2D eigenvalue weighted by Gasteiger charge is -2.14. The van der Waals surface area contributed by atoms with Gasteiger partial charge in [0.2, 0.25) is 17.7 Å². The lowest BCUT2D eigenvalue weighted by Crippen LogP contribution is -2.40. The van der Waals surface area contributed by atoms with Crippen molar-refractivity contribution in [3.63, 3.8) is 0 Å². The predicted molar refractivity (Wildman–Crippen MR) is 57.5 cm³/mol. The maximum absolute atomic E-state index is 11.4. The largest absolute Gasteiger partial charge is 0.355 e. The van der Waals surface area contributed by atoms with E-state index < -0.39 is 0 Å². The van der Waals surface area contributed by atoms with E-state index in [1.807, 2.05) is 0 Å². The highest BCUT2D eigenvalue weighted by molar-refractivity contribution is 5.85. The second kappa shape index (κ2) is 6.09. The molecule has 0 atom stereocenters. The van der Waals surface area contributed by atoms with Gasteiger partial charge in [0.05, 0.1) is 6.54 Å². The first kappa shape index (κ1) is 12.5. The summed E-state index contributed by atoms with van der Waals surface area (Å²) in [5, 5.41) is 5.21. The van der Waals surface area contributed by atoms with Gasteiger partial charge in [-0.3, -0.25) is 14.4 Å². The van der Waals surface area contributed by atoms with E-state index in [1.165, 1.54) is 6.92 Å². The van der Waals surface area contributed by atoms with Crippen molar-refractivity contribution in [1.82, 2.24) is 15.5 Å². The summed E-state index contributed by atoms with van der Waals surface area (Å²) >= 11 is 0. The van der Waals surface area contributed by atoms with Crippen molar-refractivity contribution in [1.29, 1.82) is 0 Å². The third-order valence-corrected chi connectivity index (χ3v) is 2.33. The quantitative estimate of drug-likeness (QED) is 0.583. The highest BCUT2D eigenvalue weighted by Crippen LogP contribution is 2.08. The fourth-order valence-corrected chi connectivity index (χ4v) is 1.54. The van der Waals surface area contributed by atoms with Crippen LogP contribution in [0.25, 0.3) is 0 Å². The molecule has 1 aliphatic rings. The van der Waals surface area contributed by atoms with Crippen molar-refractivity contribution < 1.29 is 14.4 Å². The molecular weight excluding hydrogens is 210 g/mol. The molecule has 1 aliphatic heterocycles. The van der Waals surface area contributed by atoms with Crippen molar-refractivity contribution in [3.05, 3.63) is 0 Å². The monoisotopic (exact) mass is 227 g/mol. The zero-order valence-corrected chi connectivity index (χ0v) is 9.41. The smallest absolute Gasteiger partial charge is 0.239 e. The number of hydrogen-bond donors (Lipinski definition) is 2. The first-order chi connectivity index (χ1) is 7.59. The highest BCUT2D eigenvalue weighted by Gasteiger charge is 2.21. The maximum Gasteiger partial charge on any atom is 0.239 e. The summed E-state index contributed by atoms with van der Waals surface area (Å²) in [5.41, 5.74) is 0. The topological polar surface area (TPSA) is 78.5 Å². The van der Waals surface area contributed by atoms with Crippen LogP contribution >= 0.6 is 0 Å². The zero-order chi connectivity index (χ0) is 12.0. The summed E-state index contributed by atoms with van der Waals surface area (Å²) in [5.74, 6) is -0.262. The van der Waals surface area contributed by atoms with E-state index in [4.69, 9.17) is 0 Å². The normalized spacial score (nSPS) is 15.1. The van der Waals surface area contributed by atoms with Gasteiger partial charge in [0, 0.05) is 33.0 Å². The third kappa shape index (κ3) is 4.29. The Balaban J connectivity index is 2.11. The summed E-state index contributed by atoms with van der Waals surface area (Å²) in [6, 6.07) is 0. The Morgan fingerprint density at radius 2 is 2.00 bits per heavy atom. The molecule has 16 heavy (non-hydrogen) atoms. The summed E-state index contributed by atoms with van der Waals surface area (Å²) in [7, 11) is 0. The summed E-state index contributed by atoms with van der Waals surface area (Å²) < 4.78 is 0. The number of nitrogens with zero attached hydrogens (tertiary/aromatic N) is 1. The molecule has 90 valence electrons. The molecule has 0 aromatic rings. The second-order valence-electron chi connectivity index (χ2n) is 3.75. The van der Waals surface area contributed by atoms with Crippen LogP contribution in [0.4, 0.5) is 0 Å². The van der Waals surface area contributed by atoms with Crippen molar-refractivity contribution in [3.8, 4) is 0 Å². The molecule has 0 aromatic carbocycles. The van der Waals surface area contributed by atoms with Gasteiger partial charge in [-0.2, -0.15) is 0 Å². The fraction of sp³-hybridized carbons (Fsp3) is 0.700. The summed E-state index contributed by atoms with van der Waals surface area (Å²) in [4.78, 5) is 34.7. The van der Waals surface area contributed by atoms with Gasteiger partial charge < -0.3 is 15.5 Å². The molecule has 2 N–H and O–H groups in total. The molecule has 0 radical (unpaired) electrons. The van der Waals surface area contributed by atoms with Gasteiger partial charge >= 0.3 is 0 Å². The van der Waals surface area contributed by atoms with Crippen LogP contribution in [0, 0.1) is 0 Å². The SMILES string of the molecule is CC(=O)NCCNC(=O)CN1CCCC1=O. The fourth-order valence-electron chi connectivity index (χ4n) is 1.54. The standard InChI is InChI=1S/C10H17N3O3/c1-8(14)11-4-5-12-9(15)7-13-6-2-3-10(13)16/h2-7H2,1H3,(H,11,14)(H,12,15). The zero-order valence-electron chi connectivity index (χ0n) is 9.41. The molecule has 1 heterocycles. The molecule has 0 unspecified atom stereocenters. The first-order valence-corrected chi connectivity index (χ1v) is 5.38. The second-order valence-corrected chi connectivity index (χ2v) is 3.75. The molecule has 0 aliphatic carbocycles. The number of hydrogen-bond acceptors (Lipinski definition) is 3. The molecule has 6 nitrogen and oxygen atoms in total. The average Bonchev–Trinajstić information content (AvgIpc) is 2.59. The lowest BCUT2D eigenvalue weighted by atomic mass is 10.4. The minimum atomic E-state index is -0.180. The van der Waals surface area contributed by atoms with E-state index in [0.717, 1.165) is 6.42 Å². The first-order valence-electron chi connectivity index (χ1n) is 5.38. The van der Waals surface area contributed by atoms with Crippen LogP contribution in [0.3, 0.4) is 0 Å². The Labute approximate surface area is 94.4 Å². The molecule has 1 rings (SSSR count). The Bertz CT molecular complexity index is 291. The molecule has 1 fully saturated rings. The summed E-state index contributed by atoms with van der Waals surface area (Å²) in [6.07, 6.45) is 1.37. The summed E-state index contributed by atoms with van der Waals surface area (Å²) in [6.45, 7) is 3.01. The van der Waals surface area contributed by atoms with E-state index in [1.54, 1.807) is 4.90 Å². The lowest BCUT2D eigenvalue weighted by molar-refractivity contribution is -0.133. The minimum absolute atomic E-state index is 0.0389. The Morgan fingerprint density at radius 1 is 1.31 bits per heavy atom. The van der Waals surface area contributed by atoms with Gasteiger partial charge in [0.15, 0.2) is 0 Å². The molecule has 6 heteroatoms. The number of nitrogens with one attached hydrogen (secondary N) is 2. The number of carbonyl (C=O) groups excluding carboxylic acids is 3. The van der Waals surface area contributed by atoms with Gasteiger partial charge in [-0.05, 0) is 6.42 Å². The van der Waals surface area contributed by atoms with Crippen molar-refractivity contribution in [2.75, 3.05) is 26.2 Å². The molecule has 0 spiro atoms. The van der Waals surface area contributed by atoms with Gasteiger partial charge in [-0.15, -0.1) is 0 Å². The van der Waals surface area contributed by atoms with Crippen molar-refractivity contribution >= 4 is 17.7 Å². The third-order valence-electron chi connectivity index (χ3n) is 2.33. The highest BCUT2D eigenvalue weighted by atomic mass is 16.2. The van der Waals surface area contributed by atoms with E-state index in [9.17, 15) is 14.4 Å². The van der Waals surface area contributed by atoms with E-state index in [0.29, 0.717) is 26.1 Å². The van der Waals surface area contributed by atoms with Crippen molar-refractivity contribution in [2.24, 2.45) is 0 Å². The average molecular weight is 227 g/mol. The van der Waals surface area contributed by atoms with Crippen molar-refractivity contribution in [2.45, 2.75) is 19.8 Å². The van der Waals surface area contributed by atoms with Crippen LogP contribution < -0.4 is 10.6 Å². The van der Waals surface area contributed by atoms with Gasteiger partial charge in [0.1, 0.15) is 0 Å². The predicted octanol–water partition coefficient (Wildman–Crippen LogP) is -1.14. The maximum atomic E-state index is 11.4. The van der Waals surface area contributed by atoms with Crippen LogP contribution in [0.5, 0.6) is 0 Å². The van der Waals surface area contributed by atoms with Crippen LogP contribution in [0.15, 0.2) is 0 Å². The molecule has 0 saturated carbocycles. The van der Waals surface area contributed by atoms with Gasteiger partial charge in [0.25, 0.3) is 0 Å².